The fourth-order valence-electron chi connectivity index (χ4n) is 2.01. The predicted molar refractivity (Wildman–Crippen MR) is 91.2 cm³/mol. The van der Waals surface area contributed by atoms with Gasteiger partial charge in [-0.3, -0.25) is 9.59 Å². The van der Waals surface area contributed by atoms with Gasteiger partial charge >= 0.3 is 6.09 Å². The number of hydrogen-bond donors (Lipinski definition) is 4. The van der Waals surface area contributed by atoms with Crippen LogP contribution in [-0.2, 0) is 20.9 Å². The summed E-state index contributed by atoms with van der Waals surface area (Å²) >= 11 is 0. The molecule has 0 heterocycles. The van der Waals surface area contributed by atoms with Gasteiger partial charge in [0.2, 0.25) is 11.8 Å². The van der Waals surface area contributed by atoms with Crippen molar-refractivity contribution < 1.29 is 24.2 Å². The molecule has 0 fully saturated rings. The zero-order chi connectivity index (χ0) is 19.4. The molecule has 5 N–H and O–H groups in total. The van der Waals surface area contributed by atoms with Gasteiger partial charge in [0.1, 0.15) is 12.6 Å². The first kappa shape index (κ1) is 20.9. The Morgan fingerprint density at radius 2 is 1.96 bits per heavy atom. The molecule has 1 aromatic carbocycles. The van der Waals surface area contributed by atoms with Gasteiger partial charge in [-0.05, 0) is 12.0 Å². The third kappa shape index (κ3) is 8.65. The van der Waals surface area contributed by atoms with Gasteiger partial charge in [0.15, 0.2) is 0 Å². The minimum atomic E-state index is -1.16. The van der Waals surface area contributed by atoms with E-state index in [1.807, 2.05) is 24.3 Å². The number of nitriles is 1. The number of nitrogens with two attached hydrogens (primary N) is 1. The molecule has 0 aliphatic rings. The van der Waals surface area contributed by atoms with Crippen molar-refractivity contribution in [3.63, 3.8) is 0 Å². The Morgan fingerprint density at radius 3 is 2.58 bits per heavy atom. The lowest BCUT2D eigenvalue weighted by atomic mass is 10.1. The molecule has 9 nitrogen and oxygen atoms in total. The van der Waals surface area contributed by atoms with E-state index in [-0.39, 0.29) is 32.4 Å². The Morgan fingerprint density at radius 1 is 1.27 bits per heavy atom. The molecule has 0 saturated heterocycles. The van der Waals surface area contributed by atoms with Crippen LogP contribution in [0.3, 0.4) is 0 Å². The number of carbonyl (C=O) groups is 3. The Labute approximate surface area is 151 Å². The molecule has 3 amide bonds. The van der Waals surface area contributed by atoms with Gasteiger partial charge in [0.05, 0.1) is 18.6 Å². The number of alkyl carbamates (subject to hydrolysis) is 1. The Balaban J connectivity index is 2.28. The summed E-state index contributed by atoms with van der Waals surface area (Å²) in [4.78, 5) is 34.5. The Hall–Kier alpha value is -3.12. The van der Waals surface area contributed by atoms with E-state index >= 15 is 0 Å². The number of aliphatic hydroxyl groups excluding tert-OH is 1. The maximum absolute atomic E-state index is 11.8. The van der Waals surface area contributed by atoms with E-state index in [4.69, 9.17) is 15.7 Å². The number of carbonyl (C=O) groups excluding carboxylic acids is 3. The Bertz CT molecular complexity index is 644. The summed E-state index contributed by atoms with van der Waals surface area (Å²) in [7, 11) is 0. The second-order valence-electron chi connectivity index (χ2n) is 5.52. The van der Waals surface area contributed by atoms with Crippen LogP contribution in [0.15, 0.2) is 30.3 Å². The fourth-order valence-corrected chi connectivity index (χ4v) is 2.01. The number of amides is 3. The number of aliphatic hydroxyl groups is 1. The van der Waals surface area contributed by atoms with Crippen molar-refractivity contribution in [2.24, 2.45) is 5.73 Å². The maximum Gasteiger partial charge on any atom is 0.407 e. The first-order valence-corrected chi connectivity index (χ1v) is 8.00. The molecule has 26 heavy (non-hydrogen) atoms. The molecule has 0 aliphatic heterocycles. The number of primary amides is 1. The van der Waals surface area contributed by atoms with E-state index in [1.54, 1.807) is 12.1 Å². The maximum atomic E-state index is 11.8. The molecule has 0 saturated carbocycles. The minimum absolute atomic E-state index is 0.0608. The van der Waals surface area contributed by atoms with Crippen molar-refractivity contribution in [2.45, 2.75) is 38.0 Å². The SMILES string of the molecule is N#CCC[C@@H](NC(=O)C[C@H](O)CNC(=O)OCc1ccccc1)C(N)=O. The topological polar surface area (TPSA) is 155 Å². The van der Waals surface area contributed by atoms with Crippen LogP contribution in [0.2, 0.25) is 0 Å². The lowest BCUT2D eigenvalue weighted by Gasteiger charge is -2.16. The summed E-state index contributed by atoms with van der Waals surface area (Å²) in [6.07, 6.45) is -2.07. The number of hydrogen-bond acceptors (Lipinski definition) is 6. The molecule has 1 aromatic rings. The van der Waals surface area contributed by atoms with E-state index in [1.165, 1.54) is 0 Å². The van der Waals surface area contributed by atoms with Crippen molar-refractivity contribution in [1.29, 1.82) is 5.26 Å². The molecule has 0 spiro atoms. The highest BCUT2D eigenvalue weighted by atomic mass is 16.5. The van der Waals surface area contributed by atoms with Crippen molar-refractivity contribution >= 4 is 17.9 Å². The monoisotopic (exact) mass is 362 g/mol. The highest BCUT2D eigenvalue weighted by Crippen LogP contribution is 2.01. The number of nitrogens with one attached hydrogen (secondary N) is 2. The third-order valence-corrected chi connectivity index (χ3v) is 3.34. The van der Waals surface area contributed by atoms with Crippen molar-refractivity contribution in [1.82, 2.24) is 10.6 Å². The molecule has 0 radical (unpaired) electrons. The normalized spacial score (nSPS) is 12.3. The molecule has 0 aliphatic carbocycles. The number of benzene rings is 1. The average molecular weight is 362 g/mol. The highest BCUT2D eigenvalue weighted by Gasteiger charge is 2.20. The van der Waals surface area contributed by atoms with Crippen LogP contribution in [-0.4, -0.2) is 41.7 Å². The average Bonchev–Trinajstić information content (AvgIpc) is 2.62. The lowest BCUT2D eigenvalue weighted by molar-refractivity contribution is -0.128. The van der Waals surface area contributed by atoms with E-state index < -0.39 is 30.1 Å². The van der Waals surface area contributed by atoms with E-state index in [0.717, 1.165) is 5.56 Å². The highest BCUT2D eigenvalue weighted by molar-refractivity contribution is 5.86. The number of ether oxygens (including phenoxy) is 1. The van der Waals surface area contributed by atoms with Gasteiger partial charge in [0, 0.05) is 13.0 Å². The van der Waals surface area contributed by atoms with Crippen LogP contribution in [0.1, 0.15) is 24.8 Å². The van der Waals surface area contributed by atoms with Gasteiger partial charge in [-0.1, -0.05) is 30.3 Å². The fraction of sp³-hybridized carbons (Fsp3) is 0.412. The summed E-state index contributed by atoms with van der Waals surface area (Å²) in [5.41, 5.74) is 5.95. The smallest absolute Gasteiger partial charge is 0.407 e. The number of rotatable bonds is 10. The molecule has 9 heteroatoms. The van der Waals surface area contributed by atoms with Crippen molar-refractivity contribution in [3.8, 4) is 6.07 Å². The van der Waals surface area contributed by atoms with Crippen LogP contribution in [0.5, 0.6) is 0 Å². The van der Waals surface area contributed by atoms with Gasteiger partial charge in [0.25, 0.3) is 0 Å². The van der Waals surface area contributed by atoms with Crippen molar-refractivity contribution in [2.75, 3.05) is 6.54 Å². The van der Waals surface area contributed by atoms with Gasteiger partial charge in [-0.25, -0.2) is 4.79 Å². The molecule has 0 bridgehead atoms. The van der Waals surface area contributed by atoms with E-state index in [0.29, 0.717) is 0 Å². The molecule has 2 atom stereocenters. The third-order valence-electron chi connectivity index (χ3n) is 3.34. The van der Waals surface area contributed by atoms with E-state index in [2.05, 4.69) is 10.6 Å². The van der Waals surface area contributed by atoms with Gasteiger partial charge in [-0.15, -0.1) is 0 Å². The summed E-state index contributed by atoms with van der Waals surface area (Å²) in [6, 6.07) is 9.95. The summed E-state index contributed by atoms with van der Waals surface area (Å²) in [5.74, 6) is -1.37. The predicted octanol–water partition coefficient (Wildman–Crippen LogP) is -0.0623. The molecule has 140 valence electrons. The quantitative estimate of drug-likeness (QED) is 0.457. The summed E-state index contributed by atoms with van der Waals surface area (Å²) in [6.45, 7) is -0.108. The van der Waals surface area contributed by atoms with Crippen LogP contribution >= 0.6 is 0 Å². The molecule has 1 rings (SSSR count). The second kappa shape index (κ2) is 11.4. The Kier molecular flexibility index (Phi) is 9.20. The van der Waals surface area contributed by atoms with Crippen LogP contribution < -0.4 is 16.4 Å². The molecular formula is C17H22N4O5. The van der Waals surface area contributed by atoms with Crippen LogP contribution in [0.25, 0.3) is 0 Å². The van der Waals surface area contributed by atoms with Gasteiger partial charge in [-0.2, -0.15) is 5.26 Å². The second-order valence-corrected chi connectivity index (χ2v) is 5.52. The summed E-state index contributed by atoms with van der Waals surface area (Å²) in [5, 5.41) is 23.0. The molecular weight excluding hydrogens is 340 g/mol. The van der Waals surface area contributed by atoms with Crippen molar-refractivity contribution in [3.05, 3.63) is 35.9 Å². The molecule has 0 aromatic heterocycles. The number of nitrogens with zero attached hydrogens (tertiary/aromatic N) is 1. The lowest BCUT2D eigenvalue weighted by Crippen LogP contribution is -2.46. The molecule has 0 unspecified atom stereocenters. The van der Waals surface area contributed by atoms with Crippen LogP contribution in [0.4, 0.5) is 4.79 Å². The summed E-state index contributed by atoms with van der Waals surface area (Å²) < 4.78 is 4.97. The minimum Gasteiger partial charge on any atom is -0.445 e. The first-order valence-electron chi connectivity index (χ1n) is 8.00. The zero-order valence-corrected chi connectivity index (χ0v) is 14.2. The largest absolute Gasteiger partial charge is 0.445 e. The van der Waals surface area contributed by atoms with Gasteiger partial charge < -0.3 is 26.2 Å². The van der Waals surface area contributed by atoms with E-state index in [9.17, 15) is 19.5 Å². The standard InChI is InChI=1S/C17H22N4O5/c18-8-4-7-14(16(19)24)21-15(23)9-13(22)10-20-17(25)26-11-12-5-2-1-3-6-12/h1-3,5-6,13-14,22H,4,7,9-11H2,(H2,19,24)(H,20,25)(H,21,23)/t13-,14+/m0/s1. The first-order chi connectivity index (χ1) is 12.4. The van der Waals surface area contributed by atoms with Crippen LogP contribution in [0, 0.1) is 11.3 Å². The zero-order valence-electron chi connectivity index (χ0n) is 14.2.